The molecule has 0 fully saturated rings. The van der Waals surface area contributed by atoms with Crippen LogP contribution in [0.1, 0.15) is 0 Å². The molecular weight excluding hydrogens is 139 g/mol. The van der Waals surface area contributed by atoms with Gasteiger partial charge in [-0.15, -0.1) is 0 Å². The number of hydrogen-bond donors (Lipinski definition) is 1. The van der Waals surface area contributed by atoms with E-state index in [1.54, 1.807) is 24.8 Å². The molecule has 0 bridgehead atoms. The lowest BCUT2D eigenvalue weighted by Gasteiger charge is -1.70. The standard InChI is InChI=1S/C4H4N2.HO2P/c1-2-6-4-3-5-1;1-3-2/h1-4H;(H,1,2). The fraction of sp³-hybridized carbons (Fsp3) is 0. The van der Waals surface area contributed by atoms with Crippen molar-refractivity contribution in [3.63, 3.8) is 0 Å². The average molecular weight is 144 g/mol. The molecule has 0 saturated heterocycles. The van der Waals surface area contributed by atoms with E-state index in [4.69, 9.17) is 9.46 Å². The van der Waals surface area contributed by atoms with Crippen LogP contribution in [0, 0.1) is 0 Å². The van der Waals surface area contributed by atoms with Gasteiger partial charge in [-0.3, -0.25) is 9.97 Å². The van der Waals surface area contributed by atoms with Gasteiger partial charge in [-0.2, -0.15) is 0 Å². The molecule has 0 saturated carbocycles. The van der Waals surface area contributed by atoms with E-state index >= 15 is 0 Å². The van der Waals surface area contributed by atoms with Gasteiger partial charge < -0.3 is 4.89 Å². The van der Waals surface area contributed by atoms with Crippen molar-refractivity contribution in [1.29, 1.82) is 0 Å². The van der Waals surface area contributed by atoms with Crippen molar-refractivity contribution in [3.8, 4) is 0 Å². The summed E-state index contributed by atoms with van der Waals surface area (Å²) in [5, 5.41) is 0. The average Bonchev–Trinajstić information content (AvgIpc) is 1.93. The zero-order chi connectivity index (χ0) is 6.95. The molecule has 1 aromatic rings. The van der Waals surface area contributed by atoms with Gasteiger partial charge >= 0.3 is 8.69 Å². The number of nitrogens with zero attached hydrogens (tertiary/aromatic N) is 2. The van der Waals surface area contributed by atoms with Gasteiger partial charge in [-0.1, -0.05) is 0 Å². The van der Waals surface area contributed by atoms with E-state index in [9.17, 15) is 0 Å². The maximum absolute atomic E-state index is 8.46. The lowest BCUT2D eigenvalue weighted by molar-refractivity contribution is 0.524. The normalized spacial score (nSPS) is 7.67. The number of rotatable bonds is 0. The molecule has 0 aromatic carbocycles. The smallest absolute Gasteiger partial charge is 0.310 e. The first-order valence-corrected chi connectivity index (χ1v) is 2.85. The van der Waals surface area contributed by atoms with Crippen LogP contribution < -0.4 is 0 Å². The molecule has 0 radical (unpaired) electrons. The van der Waals surface area contributed by atoms with Crippen LogP contribution in [-0.4, -0.2) is 14.9 Å². The lowest BCUT2D eigenvalue weighted by atomic mass is 10.8. The third-order valence-electron chi connectivity index (χ3n) is 0.478. The van der Waals surface area contributed by atoms with Crippen molar-refractivity contribution >= 4 is 8.69 Å². The largest absolute Gasteiger partial charge is 0.324 e. The van der Waals surface area contributed by atoms with Crippen molar-refractivity contribution < 1.29 is 9.46 Å². The second-order valence-electron chi connectivity index (χ2n) is 0.976. The summed E-state index contributed by atoms with van der Waals surface area (Å²) >= 11 is 0. The molecule has 48 valence electrons. The predicted molar refractivity (Wildman–Crippen MR) is 31.9 cm³/mol. The molecule has 1 rings (SSSR count). The third-order valence-corrected chi connectivity index (χ3v) is 0.478. The van der Waals surface area contributed by atoms with Gasteiger partial charge in [0.1, 0.15) is 0 Å². The van der Waals surface area contributed by atoms with Crippen molar-refractivity contribution in [1.82, 2.24) is 9.97 Å². The molecule has 0 unspecified atom stereocenters. The highest BCUT2D eigenvalue weighted by Crippen LogP contribution is 1.66. The van der Waals surface area contributed by atoms with E-state index in [1.165, 1.54) is 0 Å². The van der Waals surface area contributed by atoms with E-state index in [2.05, 4.69) is 9.97 Å². The molecule has 0 spiro atoms. The molecule has 1 N–H and O–H groups in total. The van der Waals surface area contributed by atoms with Gasteiger partial charge in [0, 0.05) is 24.8 Å². The molecule has 9 heavy (non-hydrogen) atoms. The van der Waals surface area contributed by atoms with Gasteiger partial charge in [0.15, 0.2) is 0 Å². The molecule has 0 amide bonds. The zero-order valence-electron chi connectivity index (χ0n) is 4.51. The Bertz CT molecular complexity index is 120. The topological polar surface area (TPSA) is 63.1 Å². The molecule has 0 aliphatic carbocycles. The van der Waals surface area contributed by atoms with E-state index in [1.807, 2.05) is 0 Å². The molecule has 5 heteroatoms. The van der Waals surface area contributed by atoms with Crippen LogP contribution in [0.4, 0.5) is 0 Å². The first-order valence-electron chi connectivity index (χ1n) is 2.08. The van der Waals surface area contributed by atoms with E-state index in [0.29, 0.717) is 0 Å². The van der Waals surface area contributed by atoms with Gasteiger partial charge in [0.05, 0.1) is 0 Å². The Kier molecular flexibility index (Phi) is 6.46. The Morgan fingerprint density at radius 2 is 1.33 bits per heavy atom. The highest BCUT2D eigenvalue weighted by Gasteiger charge is 1.59. The Morgan fingerprint density at radius 3 is 1.44 bits per heavy atom. The summed E-state index contributed by atoms with van der Waals surface area (Å²) in [4.78, 5) is 14.4. The summed E-state index contributed by atoms with van der Waals surface area (Å²) < 4.78 is 8.46. The first kappa shape index (κ1) is 8.14. The lowest BCUT2D eigenvalue weighted by Crippen LogP contribution is -1.66. The Hall–Kier alpha value is -0.860. The van der Waals surface area contributed by atoms with Crippen LogP contribution in [0.2, 0.25) is 0 Å². The van der Waals surface area contributed by atoms with Crippen LogP contribution in [0.3, 0.4) is 0 Å². The molecule has 1 aromatic heterocycles. The van der Waals surface area contributed by atoms with Gasteiger partial charge in [-0.05, 0) is 0 Å². The summed E-state index contributed by atoms with van der Waals surface area (Å²) in [5.74, 6) is 0. The Labute approximate surface area is 53.9 Å². The minimum absolute atomic E-state index is 0.833. The van der Waals surface area contributed by atoms with Crippen LogP contribution >= 0.6 is 8.69 Å². The maximum Gasteiger partial charge on any atom is 0.324 e. The molecule has 1 heterocycles. The molecular formula is C4H5N2O2P. The fourth-order valence-electron chi connectivity index (χ4n) is 0.253. The van der Waals surface area contributed by atoms with E-state index < -0.39 is 8.69 Å². The van der Waals surface area contributed by atoms with E-state index in [0.717, 1.165) is 0 Å². The van der Waals surface area contributed by atoms with Crippen molar-refractivity contribution in [2.75, 3.05) is 0 Å². The second-order valence-corrected chi connectivity index (χ2v) is 1.14. The monoisotopic (exact) mass is 144 g/mol. The highest BCUT2D eigenvalue weighted by molar-refractivity contribution is 7.16. The summed E-state index contributed by atoms with van der Waals surface area (Å²) in [6, 6.07) is 0. The fourth-order valence-corrected chi connectivity index (χ4v) is 0.253. The number of aromatic nitrogens is 2. The molecule has 0 aliphatic rings. The number of hydrogen-bond acceptors (Lipinski definition) is 3. The summed E-state index contributed by atoms with van der Waals surface area (Å²) in [6.45, 7) is 0. The maximum atomic E-state index is 8.46. The summed E-state index contributed by atoms with van der Waals surface area (Å²) in [6.07, 6.45) is 6.56. The van der Waals surface area contributed by atoms with Gasteiger partial charge in [0.25, 0.3) is 0 Å². The second kappa shape index (κ2) is 7.14. The minimum atomic E-state index is -0.833. The van der Waals surface area contributed by atoms with Crippen molar-refractivity contribution in [2.24, 2.45) is 0 Å². The molecule has 0 aliphatic heterocycles. The summed E-state index contributed by atoms with van der Waals surface area (Å²) in [7, 11) is -0.833. The Morgan fingerprint density at radius 1 is 1.11 bits per heavy atom. The van der Waals surface area contributed by atoms with Gasteiger partial charge in [-0.25, -0.2) is 4.57 Å². The molecule has 4 nitrogen and oxygen atoms in total. The third kappa shape index (κ3) is 7.14. The van der Waals surface area contributed by atoms with Gasteiger partial charge in [0.2, 0.25) is 0 Å². The quantitative estimate of drug-likeness (QED) is 0.543. The predicted octanol–water partition coefficient (Wildman–Crippen LogP) is 0.662. The highest BCUT2D eigenvalue weighted by atomic mass is 31.1. The zero-order valence-corrected chi connectivity index (χ0v) is 5.40. The van der Waals surface area contributed by atoms with Crippen LogP contribution in [0.25, 0.3) is 0 Å². The van der Waals surface area contributed by atoms with Crippen LogP contribution in [-0.2, 0) is 4.57 Å². The van der Waals surface area contributed by atoms with E-state index in [-0.39, 0.29) is 0 Å². The van der Waals surface area contributed by atoms with Crippen molar-refractivity contribution in [3.05, 3.63) is 24.8 Å². The first-order chi connectivity index (χ1) is 4.41. The SMILES string of the molecule is O=PO.c1cnccn1. The summed E-state index contributed by atoms with van der Waals surface area (Å²) in [5.41, 5.74) is 0. The molecule has 0 atom stereocenters. The van der Waals surface area contributed by atoms with Crippen LogP contribution in [0.5, 0.6) is 0 Å². The minimum Gasteiger partial charge on any atom is -0.310 e. The Balaban J connectivity index is 0.000000187. The van der Waals surface area contributed by atoms with Crippen LogP contribution in [0.15, 0.2) is 24.8 Å². The van der Waals surface area contributed by atoms with Crippen molar-refractivity contribution in [2.45, 2.75) is 0 Å².